The summed E-state index contributed by atoms with van der Waals surface area (Å²) in [6.45, 7) is 9.76. The summed E-state index contributed by atoms with van der Waals surface area (Å²) in [5.41, 5.74) is 5.28. The molecule has 0 spiro atoms. The first-order chi connectivity index (χ1) is 9.11. The summed E-state index contributed by atoms with van der Waals surface area (Å²) in [7, 11) is 0. The maximum absolute atomic E-state index is 2.43. The van der Waals surface area contributed by atoms with Gasteiger partial charge in [0.2, 0.25) is 0 Å². The van der Waals surface area contributed by atoms with E-state index in [9.17, 15) is 0 Å². The van der Waals surface area contributed by atoms with Crippen molar-refractivity contribution < 1.29 is 0 Å². The van der Waals surface area contributed by atoms with Gasteiger partial charge in [-0.25, -0.2) is 0 Å². The molecule has 2 rings (SSSR count). The molecule has 2 aromatic carbocycles. The number of hydrogen-bond donors (Lipinski definition) is 0. The summed E-state index contributed by atoms with van der Waals surface area (Å²) < 4.78 is 0. The summed E-state index contributed by atoms with van der Waals surface area (Å²) in [5.74, 6) is 0. The molecular weight excluding hydrogens is 230 g/mol. The highest BCUT2D eigenvalue weighted by molar-refractivity contribution is 5.49. The number of benzene rings is 2. The third-order valence-electron chi connectivity index (χ3n) is 3.73. The number of aryl methyl sites for hydroxylation is 2. The third kappa shape index (κ3) is 3.17. The fraction of sp³-hybridized carbons (Fsp3) is 0.333. The quantitative estimate of drug-likeness (QED) is 0.749. The molecule has 0 bridgehead atoms. The Balaban J connectivity index is 2.26. The molecule has 0 saturated carbocycles. The van der Waals surface area contributed by atoms with Crippen LogP contribution in [0, 0.1) is 13.8 Å². The molecule has 0 saturated heterocycles. The summed E-state index contributed by atoms with van der Waals surface area (Å²) >= 11 is 0. The minimum Gasteiger partial charge on any atom is -0.365 e. The van der Waals surface area contributed by atoms with Crippen LogP contribution in [0.5, 0.6) is 0 Å². The second kappa shape index (κ2) is 5.92. The zero-order valence-electron chi connectivity index (χ0n) is 12.4. The summed E-state index contributed by atoms with van der Waals surface area (Å²) in [4.78, 5) is 2.43. The van der Waals surface area contributed by atoms with Crippen LogP contribution in [0.25, 0.3) is 0 Å². The van der Waals surface area contributed by atoms with Gasteiger partial charge in [0.25, 0.3) is 0 Å². The number of nitrogens with zero attached hydrogens (tertiary/aromatic N) is 1. The lowest BCUT2D eigenvalue weighted by atomic mass is 10.0. The van der Waals surface area contributed by atoms with Crippen LogP contribution in [0.1, 0.15) is 36.6 Å². The molecule has 100 valence electrons. The first-order valence-corrected chi connectivity index (χ1v) is 7.01. The molecule has 1 nitrogen and oxygen atoms in total. The van der Waals surface area contributed by atoms with E-state index in [1.54, 1.807) is 0 Å². The lowest BCUT2D eigenvalue weighted by Crippen LogP contribution is -2.26. The van der Waals surface area contributed by atoms with E-state index >= 15 is 0 Å². The van der Waals surface area contributed by atoms with Crippen molar-refractivity contribution >= 4 is 5.69 Å². The Kier molecular flexibility index (Phi) is 4.26. The standard InChI is InChI=1S/C18H23N/c1-5-19(18-12-8-15(3)9-13-18)16(4)17-10-6-14(2)7-11-17/h6-13,16H,5H2,1-4H3. The first-order valence-electron chi connectivity index (χ1n) is 7.01. The molecule has 1 atom stereocenters. The van der Waals surface area contributed by atoms with Gasteiger partial charge >= 0.3 is 0 Å². The second-order valence-electron chi connectivity index (χ2n) is 5.21. The molecule has 0 radical (unpaired) electrons. The maximum Gasteiger partial charge on any atom is 0.0514 e. The van der Waals surface area contributed by atoms with E-state index < -0.39 is 0 Å². The molecule has 0 aliphatic heterocycles. The largest absolute Gasteiger partial charge is 0.365 e. The summed E-state index contributed by atoms with van der Waals surface area (Å²) in [6, 6.07) is 18.0. The highest BCUT2D eigenvalue weighted by Crippen LogP contribution is 2.27. The molecule has 0 N–H and O–H groups in total. The van der Waals surface area contributed by atoms with Crippen LogP contribution in [0.3, 0.4) is 0 Å². The first kappa shape index (κ1) is 13.7. The fourth-order valence-corrected chi connectivity index (χ4v) is 2.44. The molecule has 0 heterocycles. The second-order valence-corrected chi connectivity index (χ2v) is 5.21. The van der Waals surface area contributed by atoms with Gasteiger partial charge in [0.1, 0.15) is 0 Å². The highest BCUT2D eigenvalue weighted by atomic mass is 15.1. The number of anilines is 1. The lowest BCUT2D eigenvalue weighted by Gasteiger charge is -2.30. The molecule has 0 amide bonds. The van der Waals surface area contributed by atoms with E-state index in [1.165, 1.54) is 22.4 Å². The van der Waals surface area contributed by atoms with E-state index in [4.69, 9.17) is 0 Å². The molecule has 0 aromatic heterocycles. The van der Waals surface area contributed by atoms with Crippen molar-refractivity contribution in [1.82, 2.24) is 0 Å². The van der Waals surface area contributed by atoms with Crippen molar-refractivity contribution in [3.63, 3.8) is 0 Å². The Morgan fingerprint density at radius 3 is 1.79 bits per heavy atom. The lowest BCUT2D eigenvalue weighted by molar-refractivity contribution is 0.690. The Bertz CT molecular complexity index is 510. The van der Waals surface area contributed by atoms with Crippen molar-refractivity contribution in [3.8, 4) is 0 Å². The van der Waals surface area contributed by atoms with Gasteiger partial charge in [-0.15, -0.1) is 0 Å². The monoisotopic (exact) mass is 253 g/mol. The normalized spacial score (nSPS) is 12.2. The van der Waals surface area contributed by atoms with E-state index in [1.807, 2.05) is 0 Å². The molecule has 0 fully saturated rings. The van der Waals surface area contributed by atoms with Gasteiger partial charge in [-0.05, 0) is 45.4 Å². The molecule has 1 heteroatoms. The van der Waals surface area contributed by atoms with Crippen LogP contribution in [-0.4, -0.2) is 6.54 Å². The Labute approximate surface area is 116 Å². The van der Waals surface area contributed by atoms with Crippen LogP contribution in [-0.2, 0) is 0 Å². The van der Waals surface area contributed by atoms with Gasteiger partial charge < -0.3 is 4.90 Å². The highest BCUT2D eigenvalue weighted by Gasteiger charge is 2.14. The number of hydrogen-bond acceptors (Lipinski definition) is 1. The smallest absolute Gasteiger partial charge is 0.0514 e. The molecular formula is C18H23N. The van der Waals surface area contributed by atoms with E-state index in [0.717, 1.165) is 6.54 Å². The van der Waals surface area contributed by atoms with Crippen LogP contribution in [0.4, 0.5) is 5.69 Å². The van der Waals surface area contributed by atoms with E-state index in [-0.39, 0.29) is 0 Å². The van der Waals surface area contributed by atoms with Crippen molar-refractivity contribution in [1.29, 1.82) is 0 Å². The van der Waals surface area contributed by atoms with E-state index in [0.29, 0.717) is 6.04 Å². The fourth-order valence-electron chi connectivity index (χ4n) is 2.44. The van der Waals surface area contributed by atoms with Crippen LogP contribution in [0.2, 0.25) is 0 Å². The number of rotatable bonds is 4. The van der Waals surface area contributed by atoms with E-state index in [2.05, 4.69) is 81.1 Å². The van der Waals surface area contributed by atoms with Gasteiger partial charge in [-0.3, -0.25) is 0 Å². The van der Waals surface area contributed by atoms with Gasteiger partial charge in [0, 0.05) is 12.2 Å². The summed E-state index contributed by atoms with van der Waals surface area (Å²) in [6.07, 6.45) is 0. The van der Waals surface area contributed by atoms with Crippen LogP contribution < -0.4 is 4.90 Å². The molecule has 2 aromatic rings. The topological polar surface area (TPSA) is 3.24 Å². The molecule has 0 aliphatic rings. The average molecular weight is 253 g/mol. The van der Waals surface area contributed by atoms with Crippen molar-refractivity contribution in [2.24, 2.45) is 0 Å². The average Bonchev–Trinajstić information content (AvgIpc) is 2.42. The van der Waals surface area contributed by atoms with Crippen LogP contribution in [0.15, 0.2) is 48.5 Å². The van der Waals surface area contributed by atoms with Gasteiger partial charge in [-0.1, -0.05) is 47.5 Å². The third-order valence-corrected chi connectivity index (χ3v) is 3.73. The molecule has 0 aliphatic carbocycles. The molecule has 19 heavy (non-hydrogen) atoms. The zero-order chi connectivity index (χ0) is 13.8. The van der Waals surface area contributed by atoms with Gasteiger partial charge in [0.05, 0.1) is 6.04 Å². The SMILES string of the molecule is CCN(c1ccc(C)cc1)C(C)c1ccc(C)cc1. The minimum atomic E-state index is 0.397. The molecule has 1 unspecified atom stereocenters. The van der Waals surface area contributed by atoms with Crippen molar-refractivity contribution in [2.45, 2.75) is 33.7 Å². The van der Waals surface area contributed by atoms with Crippen molar-refractivity contribution in [2.75, 3.05) is 11.4 Å². The van der Waals surface area contributed by atoms with Gasteiger partial charge in [-0.2, -0.15) is 0 Å². The van der Waals surface area contributed by atoms with Gasteiger partial charge in [0.15, 0.2) is 0 Å². The van der Waals surface area contributed by atoms with Crippen molar-refractivity contribution in [3.05, 3.63) is 65.2 Å². The van der Waals surface area contributed by atoms with Crippen LogP contribution >= 0.6 is 0 Å². The Morgan fingerprint density at radius 1 is 0.842 bits per heavy atom. The maximum atomic E-state index is 2.43. The Morgan fingerprint density at radius 2 is 1.32 bits per heavy atom. The summed E-state index contributed by atoms with van der Waals surface area (Å²) in [5, 5.41) is 0. The minimum absolute atomic E-state index is 0.397. The Hall–Kier alpha value is -1.76. The zero-order valence-corrected chi connectivity index (χ0v) is 12.4. The predicted molar refractivity (Wildman–Crippen MR) is 83.8 cm³/mol. The predicted octanol–water partition coefficient (Wildman–Crippen LogP) is 4.89.